The quantitative estimate of drug-likeness (QED) is 0.0456. The van der Waals surface area contributed by atoms with Gasteiger partial charge in [-0.2, -0.15) is 0 Å². The van der Waals surface area contributed by atoms with Crippen molar-refractivity contribution in [2.24, 2.45) is 0 Å². The molecule has 1 radical (unpaired) electrons. The van der Waals surface area contributed by atoms with Crippen molar-refractivity contribution < 1.29 is 59.3 Å². The SMILES string of the molecule is CP(C)CCP(C)C.CP(C)CCP(C)C.CP(C)CCP(C)C.CP(C)CCP(C)C.F[P-](F)(F)(F)(F)F.[C-]#CC#[C-].[C-]#CI.[C-]#CI.[C-]#CI.[C-]#CI.[Mn+3].[Mn]. The Morgan fingerprint density at radius 2 is 0.386 bits per heavy atom. The van der Waals surface area contributed by atoms with E-state index in [1.165, 1.54) is 49.3 Å². The van der Waals surface area contributed by atoms with E-state index >= 15 is 0 Å². The number of rotatable bonds is 12. The molecule has 0 fully saturated rings. The predicted octanol–water partition coefficient (Wildman–Crippen LogP) is 17.3. The van der Waals surface area contributed by atoms with Crippen molar-refractivity contribution in [2.75, 3.05) is 156 Å². The molecule has 0 saturated heterocycles. The zero-order valence-electron chi connectivity index (χ0n) is 36.2. The molecule has 0 spiro atoms. The monoisotopic (exact) mass is 1510 g/mol. The zero-order chi connectivity index (χ0) is 46.9. The van der Waals surface area contributed by atoms with Gasteiger partial charge in [0.25, 0.3) is 0 Å². The summed E-state index contributed by atoms with van der Waals surface area (Å²) >= 11 is 6.82. The fourth-order valence-electron chi connectivity index (χ4n) is 1.60. The molecular weight excluding hydrogens is 1440 g/mol. The summed E-state index contributed by atoms with van der Waals surface area (Å²) in [5.74, 6) is 3.19. The Balaban J connectivity index is -0.0000000403. The van der Waals surface area contributed by atoms with Gasteiger partial charge >= 0.3 is 50.1 Å². The van der Waals surface area contributed by atoms with Gasteiger partial charge < -0.3 is 50.4 Å². The second-order valence-corrected chi connectivity index (χ2v) is 36.9. The molecular formula is C36H64F6I4Mn2P9-4. The number of hydrogen-bond donors (Lipinski definition) is 0. The molecule has 0 unspecified atom stereocenters. The molecule has 0 aromatic heterocycles. The number of hydrogen-bond acceptors (Lipinski definition) is 0. The molecule has 0 bridgehead atoms. The molecule has 0 aliphatic rings. The van der Waals surface area contributed by atoms with Gasteiger partial charge in [-0.15, -0.1) is 63.4 Å². The molecule has 0 aromatic rings. The van der Waals surface area contributed by atoms with Crippen molar-refractivity contribution in [1.82, 2.24) is 0 Å². The summed E-state index contributed by atoms with van der Waals surface area (Å²) in [6.07, 6.45) is 47.4. The van der Waals surface area contributed by atoms with Crippen LogP contribution in [0.1, 0.15) is 0 Å². The van der Waals surface area contributed by atoms with Gasteiger partial charge in [0, 0.05) is 17.1 Å². The smallest absolute Gasteiger partial charge is 0.682 e. The Bertz CT molecular complexity index is 863. The van der Waals surface area contributed by atoms with E-state index in [4.69, 9.17) is 38.5 Å². The normalized spacial score (nSPS) is 9.89. The molecule has 0 heterocycles. The first kappa shape index (κ1) is 92.1. The maximum Gasteiger partial charge on any atom is 3.00 e. The third kappa shape index (κ3) is 316. The maximum absolute atomic E-state index is 10.7. The summed E-state index contributed by atoms with van der Waals surface area (Å²) in [7, 11) is -7.59. The molecule has 0 aromatic carbocycles. The Hall–Kier alpha value is 4.77. The minimum Gasteiger partial charge on any atom is -0.682 e. The average Bonchev–Trinajstić information content (AvgIpc) is 2.98. The summed E-state index contributed by atoms with van der Waals surface area (Å²) in [6, 6.07) is 0. The van der Waals surface area contributed by atoms with Crippen LogP contribution in [0.4, 0.5) is 25.2 Å². The van der Waals surface area contributed by atoms with E-state index in [1.807, 2.05) is 15.7 Å². The van der Waals surface area contributed by atoms with Gasteiger partial charge in [-0.25, -0.2) is 0 Å². The van der Waals surface area contributed by atoms with Gasteiger partial charge in [-0.1, -0.05) is 0 Å². The summed E-state index contributed by atoms with van der Waals surface area (Å²) in [5.41, 5.74) is 0. The van der Waals surface area contributed by atoms with E-state index in [0.29, 0.717) is 63.4 Å². The Kier molecular flexibility index (Phi) is 105. The molecule has 0 nitrogen and oxygen atoms in total. The van der Waals surface area contributed by atoms with E-state index in [9.17, 15) is 25.2 Å². The van der Waals surface area contributed by atoms with Crippen LogP contribution in [0.5, 0.6) is 0 Å². The summed E-state index contributed by atoms with van der Waals surface area (Å²) < 4.78 is 67.1. The third-order valence-corrected chi connectivity index (χ3v) is 14.4. The Morgan fingerprint density at radius 1 is 0.333 bits per heavy atom. The second-order valence-electron chi connectivity index (χ2n) is 12.0. The van der Waals surface area contributed by atoms with Crippen molar-refractivity contribution in [3.63, 3.8) is 0 Å². The van der Waals surface area contributed by atoms with Crippen LogP contribution in [0.2, 0.25) is 0 Å². The first-order chi connectivity index (χ1) is 24.5. The van der Waals surface area contributed by atoms with Gasteiger partial charge in [0.2, 0.25) is 0 Å². The van der Waals surface area contributed by atoms with Gasteiger partial charge in [0.1, 0.15) is 0 Å². The van der Waals surface area contributed by atoms with Crippen LogP contribution in [0.15, 0.2) is 0 Å². The second kappa shape index (κ2) is 65.0. The van der Waals surface area contributed by atoms with E-state index in [-0.39, 0.29) is 34.1 Å². The average molecular weight is 1510 g/mol. The van der Waals surface area contributed by atoms with Gasteiger partial charge in [-0.05, 0) is 246 Å². The first-order valence-corrected chi connectivity index (χ1v) is 40.9. The molecule has 0 rings (SSSR count). The zero-order valence-corrected chi connectivity index (χ0v) is 55.3. The van der Waals surface area contributed by atoms with Crippen LogP contribution < -0.4 is 0 Å². The topological polar surface area (TPSA) is 0 Å². The molecule has 341 valence electrons. The van der Waals surface area contributed by atoms with E-state index in [0.717, 1.165) is 0 Å². The third-order valence-electron chi connectivity index (χ3n) is 4.04. The van der Waals surface area contributed by atoms with E-state index in [2.05, 4.69) is 107 Å². The minimum absolute atomic E-state index is 0. The van der Waals surface area contributed by atoms with Crippen molar-refractivity contribution >= 4 is 162 Å². The molecule has 57 heavy (non-hydrogen) atoms. The van der Waals surface area contributed by atoms with Gasteiger partial charge in [-0.3, -0.25) is 15.7 Å². The van der Waals surface area contributed by atoms with Gasteiger partial charge in [0.05, 0.1) is 0 Å². The van der Waals surface area contributed by atoms with Crippen LogP contribution in [0, 0.1) is 66.1 Å². The molecule has 0 saturated carbocycles. The summed E-state index contributed by atoms with van der Waals surface area (Å²) in [5, 5.41) is 0. The molecule has 0 amide bonds. The predicted molar refractivity (Wildman–Crippen MR) is 302 cm³/mol. The minimum atomic E-state index is -10.7. The number of halogens is 10. The Morgan fingerprint density at radius 3 is 0.404 bits per heavy atom. The molecule has 0 aliphatic heterocycles. The van der Waals surface area contributed by atoms with E-state index in [1.54, 1.807) is 102 Å². The summed E-state index contributed by atoms with van der Waals surface area (Å²) in [4.78, 5) is 0. The molecule has 0 N–H and O–H groups in total. The first-order valence-electron chi connectivity index (χ1n) is 15.2. The van der Waals surface area contributed by atoms with Crippen molar-refractivity contribution in [2.45, 2.75) is 0 Å². The largest absolute Gasteiger partial charge is 3.00 e. The molecule has 0 atom stereocenters. The van der Waals surface area contributed by atoms with Crippen LogP contribution in [-0.4, -0.2) is 156 Å². The van der Waals surface area contributed by atoms with Crippen molar-refractivity contribution in [3.8, 4) is 27.5 Å². The van der Waals surface area contributed by atoms with Crippen molar-refractivity contribution in [1.29, 1.82) is 0 Å². The molecule has 21 heteroatoms. The molecule has 0 aliphatic carbocycles. The standard InChI is InChI=1S/4C6H16P2.C4.4C2I.F6P.2Mn/c4*1-7(2)5-6-8(3)4;1-3-4-2;4*1-2-3;1-7(2,3,4,5)6;;/h4*5-6H2,1-4H3;;;;;;;;/q;;;;-2;5*-1;;+3. The van der Waals surface area contributed by atoms with Gasteiger partial charge in [0.15, 0.2) is 0 Å². The van der Waals surface area contributed by atoms with Crippen LogP contribution >= 0.6 is 162 Å². The fourth-order valence-corrected chi connectivity index (χ4v) is 14.4. The van der Waals surface area contributed by atoms with Crippen LogP contribution in [0.25, 0.3) is 0 Å². The van der Waals surface area contributed by atoms with E-state index < -0.39 is 7.81 Å². The van der Waals surface area contributed by atoms with Crippen molar-refractivity contribution in [3.05, 3.63) is 38.5 Å². The summed E-state index contributed by atoms with van der Waals surface area (Å²) in [6.45, 7) is 37.7. The van der Waals surface area contributed by atoms with Crippen LogP contribution in [0.3, 0.4) is 0 Å². The Labute approximate surface area is 437 Å². The fraction of sp³-hybridized carbons (Fsp3) is 0.667. The maximum atomic E-state index is 9.87. The van der Waals surface area contributed by atoms with Crippen LogP contribution in [-0.2, 0) is 34.1 Å².